The molecule has 2 aliphatic rings. The summed E-state index contributed by atoms with van der Waals surface area (Å²) in [5, 5.41) is 6.58. The monoisotopic (exact) mass is 381 g/mol. The number of aryl methyl sites for hydroxylation is 1. The molecule has 28 heavy (non-hydrogen) atoms. The summed E-state index contributed by atoms with van der Waals surface area (Å²) in [5.74, 6) is 0.450. The summed E-state index contributed by atoms with van der Waals surface area (Å²) in [5.41, 5.74) is 10.1. The highest BCUT2D eigenvalue weighted by Gasteiger charge is 2.31. The van der Waals surface area contributed by atoms with Gasteiger partial charge in [-0.3, -0.25) is 0 Å². The molecule has 0 bridgehead atoms. The molecule has 0 amide bonds. The Labute approximate surface area is 169 Å². The second kappa shape index (κ2) is 5.96. The van der Waals surface area contributed by atoms with Gasteiger partial charge in [0.1, 0.15) is 0 Å². The molecule has 0 saturated heterocycles. The highest BCUT2D eigenvalue weighted by atomic mass is 32.1. The van der Waals surface area contributed by atoms with Crippen LogP contribution in [-0.4, -0.2) is 6.54 Å². The van der Waals surface area contributed by atoms with Crippen molar-refractivity contribution < 1.29 is 0 Å². The van der Waals surface area contributed by atoms with E-state index in [1.54, 1.807) is 0 Å². The number of para-hydroxylation sites is 1. The third-order valence-corrected chi connectivity index (χ3v) is 7.81. The van der Waals surface area contributed by atoms with E-state index in [1.807, 2.05) is 11.3 Å². The zero-order chi connectivity index (χ0) is 18.8. The molecule has 0 spiro atoms. The normalized spacial score (nSPS) is 18.4. The first-order valence-corrected chi connectivity index (χ1v) is 11.1. The van der Waals surface area contributed by atoms with Crippen molar-refractivity contribution in [3.63, 3.8) is 0 Å². The van der Waals surface area contributed by atoms with E-state index >= 15 is 0 Å². The largest absolute Gasteiger partial charge is 0.384 e. The van der Waals surface area contributed by atoms with Gasteiger partial charge in [-0.15, -0.1) is 11.3 Å². The summed E-state index contributed by atoms with van der Waals surface area (Å²) in [6.45, 7) is 5.80. The molecule has 3 aromatic carbocycles. The van der Waals surface area contributed by atoms with Gasteiger partial charge in [-0.2, -0.15) is 0 Å². The number of thiophene rings is 1. The van der Waals surface area contributed by atoms with Gasteiger partial charge in [0.05, 0.1) is 0 Å². The van der Waals surface area contributed by atoms with Gasteiger partial charge in [0.2, 0.25) is 0 Å². The zero-order valence-electron chi connectivity index (χ0n) is 16.3. The Morgan fingerprint density at radius 3 is 2.75 bits per heavy atom. The van der Waals surface area contributed by atoms with E-state index in [0.717, 1.165) is 6.54 Å². The lowest BCUT2D eigenvalue weighted by molar-refractivity contribution is 0.829. The van der Waals surface area contributed by atoms with Crippen molar-refractivity contribution in [1.82, 2.24) is 0 Å². The van der Waals surface area contributed by atoms with Crippen molar-refractivity contribution in [2.45, 2.75) is 32.6 Å². The van der Waals surface area contributed by atoms with Crippen molar-refractivity contribution in [2.75, 3.05) is 11.9 Å². The van der Waals surface area contributed by atoms with Crippen LogP contribution >= 0.6 is 11.3 Å². The molecule has 1 atom stereocenters. The van der Waals surface area contributed by atoms with E-state index in [-0.39, 0.29) is 0 Å². The molecular formula is C26H23NS. The van der Waals surface area contributed by atoms with Crippen LogP contribution in [0.15, 0.2) is 60.2 Å². The molecule has 0 saturated carbocycles. The molecule has 138 valence electrons. The molecule has 1 unspecified atom stereocenters. The van der Waals surface area contributed by atoms with Gasteiger partial charge < -0.3 is 5.32 Å². The number of benzene rings is 3. The Bertz CT molecular complexity index is 1290. The fraction of sp³-hybridized carbons (Fsp3) is 0.231. The van der Waals surface area contributed by atoms with Crippen LogP contribution in [-0.2, 0) is 6.42 Å². The summed E-state index contributed by atoms with van der Waals surface area (Å²) in [6.07, 6.45) is 2.40. The number of hydrogen-bond acceptors (Lipinski definition) is 2. The summed E-state index contributed by atoms with van der Waals surface area (Å²) in [6, 6.07) is 20.4. The highest BCUT2D eigenvalue weighted by Crippen LogP contribution is 2.51. The summed E-state index contributed by atoms with van der Waals surface area (Å²) in [4.78, 5) is 0. The number of anilines is 1. The average molecular weight is 382 g/mol. The van der Waals surface area contributed by atoms with Gasteiger partial charge >= 0.3 is 0 Å². The van der Waals surface area contributed by atoms with Crippen LogP contribution < -0.4 is 5.32 Å². The molecular weight excluding hydrogens is 358 g/mol. The summed E-state index contributed by atoms with van der Waals surface area (Å²) < 4.78 is 2.80. The van der Waals surface area contributed by atoms with Gasteiger partial charge in [-0.05, 0) is 54.2 Å². The third kappa shape index (κ3) is 2.13. The number of fused-ring (bicyclic) bond motifs is 6. The Morgan fingerprint density at radius 2 is 1.82 bits per heavy atom. The van der Waals surface area contributed by atoms with Gasteiger partial charge in [0.25, 0.3) is 0 Å². The van der Waals surface area contributed by atoms with E-state index in [9.17, 15) is 0 Å². The minimum atomic E-state index is 0.450. The predicted molar refractivity (Wildman–Crippen MR) is 123 cm³/mol. The molecule has 2 heteroatoms. The number of allylic oxidation sites excluding steroid dienone is 1. The smallest absolute Gasteiger partial charge is 0.0452 e. The van der Waals surface area contributed by atoms with Crippen LogP contribution in [0.5, 0.6) is 0 Å². The minimum absolute atomic E-state index is 0.450. The lowest BCUT2D eigenvalue weighted by atomic mass is 9.91. The Balaban J connectivity index is 1.66. The van der Waals surface area contributed by atoms with Crippen molar-refractivity contribution in [1.29, 1.82) is 0 Å². The van der Waals surface area contributed by atoms with Crippen LogP contribution in [0.3, 0.4) is 0 Å². The lowest BCUT2D eigenvalue weighted by Gasteiger charge is -2.22. The predicted octanol–water partition coefficient (Wildman–Crippen LogP) is 7.35. The van der Waals surface area contributed by atoms with Crippen LogP contribution in [0.4, 0.5) is 5.69 Å². The molecule has 1 aliphatic heterocycles. The summed E-state index contributed by atoms with van der Waals surface area (Å²) >= 11 is 1.92. The van der Waals surface area contributed by atoms with Crippen LogP contribution in [0, 0.1) is 0 Å². The fourth-order valence-electron chi connectivity index (χ4n) is 5.23. The van der Waals surface area contributed by atoms with Gasteiger partial charge in [0.15, 0.2) is 0 Å². The topological polar surface area (TPSA) is 12.0 Å². The van der Waals surface area contributed by atoms with E-state index in [2.05, 4.69) is 73.8 Å². The number of rotatable bonds is 1. The maximum atomic E-state index is 3.70. The number of hydrogen-bond donors (Lipinski definition) is 1. The van der Waals surface area contributed by atoms with E-state index < -0.39 is 0 Å². The van der Waals surface area contributed by atoms with Gasteiger partial charge in [-0.25, -0.2) is 0 Å². The third-order valence-electron chi connectivity index (χ3n) is 6.67. The summed E-state index contributed by atoms with van der Waals surface area (Å²) in [7, 11) is 0. The standard InChI is InChI=1S/C26H23NS/c1-15-16(2)24-19(12-13-22-25(24)18-9-3-4-11-21(18)28-22)23(15)20-10-5-7-17-8-6-14-27-26(17)20/h3-5,7,9-13,16,27H,6,8,14H2,1-2H3. The highest BCUT2D eigenvalue weighted by molar-refractivity contribution is 7.25. The molecule has 4 aromatic rings. The van der Waals surface area contributed by atoms with E-state index in [0.29, 0.717) is 5.92 Å². The quantitative estimate of drug-likeness (QED) is 0.363. The number of nitrogens with one attached hydrogen (secondary N) is 1. The second-order valence-corrected chi connectivity index (χ2v) is 9.23. The van der Waals surface area contributed by atoms with Crippen molar-refractivity contribution in [2.24, 2.45) is 0 Å². The van der Waals surface area contributed by atoms with Crippen molar-refractivity contribution in [3.8, 4) is 0 Å². The van der Waals surface area contributed by atoms with Gasteiger partial charge in [-0.1, -0.05) is 55.0 Å². The second-order valence-electron chi connectivity index (χ2n) is 8.15. The minimum Gasteiger partial charge on any atom is -0.384 e. The van der Waals surface area contributed by atoms with Crippen LogP contribution in [0.1, 0.15) is 48.4 Å². The zero-order valence-corrected chi connectivity index (χ0v) is 17.1. The maximum absolute atomic E-state index is 3.70. The molecule has 1 aliphatic carbocycles. The lowest BCUT2D eigenvalue weighted by Crippen LogP contribution is -2.13. The maximum Gasteiger partial charge on any atom is 0.0452 e. The molecule has 1 nitrogen and oxygen atoms in total. The van der Waals surface area contributed by atoms with Crippen molar-refractivity contribution >= 4 is 42.8 Å². The Hall–Kier alpha value is -2.58. The fourth-order valence-corrected chi connectivity index (χ4v) is 6.35. The molecule has 1 aromatic heterocycles. The van der Waals surface area contributed by atoms with Crippen LogP contribution in [0.2, 0.25) is 0 Å². The first kappa shape index (κ1) is 16.4. The first-order valence-electron chi connectivity index (χ1n) is 10.3. The van der Waals surface area contributed by atoms with Gasteiger partial charge in [0, 0.05) is 43.9 Å². The Morgan fingerprint density at radius 1 is 0.929 bits per heavy atom. The van der Waals surface area contributed by atoms with Crippen LogP contribution in [0.25, 0.3) is 25.7 Å². The SMILES string of the molecule is CC1=C(c2cccc3c2NCCC3)c2ccc3sc4ccccc4c3c2C1C. The molecule has 2 heterocycles. The molecule has 6 rings (SSSR count). The van der Waals surface area contributed by atoms with E-state index in [1.165, 1.54) is 72.1 Å². The Kier molecular flexibility index (Phi) is 3.48. The molecule has 1 N–H and O–H groups in total. The van der Waals surface area contributed by atoms with Crippen molar-refractivity contribution in [3.05, 3.63) is 82.4 Å². The van der Waals surface area contributed by atoms with E-state index in [4.69, 9.17) is 0 Å². The first-order chi connectivity index (χ1) is 13.7. The molecule has 0 radical (unpaired) electrons. The average Bonchev–Trinajstić information content (AvgIpc) is 3.23. The molecule has 0 fully saturated rings.